The summed E-state index contributed by atoms with van der Waals surface area (Å²) < 4.78 is 2.63. The minimum absolute atomic E-state index is 0.483. The van der Waals surface area contributed by atoms with Gasteiger partial charge in [0.2, 0.25) is 0 Å². The van der Waals surface area contributed by atoms with E-state index in [4.69, 9.17) is 0 Å². The van der Waals surface area contributed by atoms with Crippen LogP contribution < -0.4 is 4.90 Å². The maximum atomic E-state index is 2.46. The van der Waals surface area contributed by atoms with Crippen LogP contribution in [0.15, 0.2) is 273 Å². The van der Waals surface area contributed by atoms with E-state index in [1.165, 1.54) is 98.1 Å². The van der Waals surface area contributed by atoms with Crippen LogP contribution in [-0.2, 0) is 10.8 Å². The van der Waals surface area contributed by atoms with Crippen molar-refractivity contribution in [2.24, 2.45) is 0 Å². The molecule has 0 atom stereocenters. The Morgan fingerprint density at radius 2 is 0.700 bits per heavy atom. The van der Waals surface area contributed by atoms with Gasteiger partial charge < -0.3 is 4.90 Å². The van der Waals surface area contributed by atoms with Crippen LogP contribution in [0.5, 0.6) is 0 Å². The zero-order valence-corrected chi connectivity index (χ0v) is 39.2. The summed E-state index contributed by atoms with van der Waals surface area (Å²) in [6.07, 6.45) is 0. The van der Waals surface area contributed by atoms with Crippen LogP contribution in [0, 0.1) is 0 Å². The van der Waals surface area contributed by atoms with Crippen LogP contribution in [0.2, 0.25) is 0 Å². The summed E-state index contributed by atoms with van der Waals surface area (Å²) in [5.74, 6) is 0. The van der Waals surface area contributed by atoms with Gasteiger partial charge in [0.1, 0.15) is 0 Å². The highest BCUT2D eigenvalue weighted by molar-refractivity contribution is 7.25. The first-order valence-corrected chi connectivity index (χ1v) is 25.1. The molecule has 70 heavy (non-hydrogen) atoms. The van der Waals surface area contributed by atoms with E-state index in [1.54, 1.807) is 0 Å². The zero-order chi connectivity index (χ0) is 46.2. The van der Waals surface area contributed by atoms with Crippen molar-refractivity contribution < 1.29 is 0 Å². The van der Waals surface area contributed by atoms with Crippen molar-refractivity contribution in [1.82, 2.24) is 0 Å². The van der Waals surface area contributed by atoms with Gasteiger partial charge in [-0.25, -0.2) is 0 Å². The number of fused-ring (bicyclic) bond motifs is 9. The van der Waals surface area contributed by atoms with Gasteiger partial charge in [0, 0.05) is 37.2 Å². The van der Waals surface area contributed by atoms with Gasteiger partial charge >= 0.3 is 0 Å². The maximum absolute atomic E-state index is 2.46. The quantitative estimate of drug-likeness (QED) is 0.147. The highest BCUT2D eigenvalue weighted by atomic mass is 32.1. The molecule has 0 bridgehead atoms. The largest absolute Gasteiger partial charge is 0.310 e. The number of rotatable bonds is 8. The van der Waals surface area contributed by atoms with Gasteiger partial charge in [-0.15, -0.1) is 11.3 Å². The first kappa shape index (κ1) is 40.5. The lowest BCUT2D eigenvalue weighted by Gasteiger charge is -2.35. The van der Waals surface area contributed by atoms with Gasteiger partial charge in [0.15, 0.2) is 0 Å². The van der Waals surface area contributed by atoms with Crippen LogP contribution in [-0.4, -0.2) is 0 Å². The van der Waals surface area contributed by atoms with Crippen molar-refractivity contribution in [3.05, 3.63) is 317 Å². The first-order chi connectivity index (χ1) is 34.7. The van der Waals surface area contributed by atoms with E-state index in [9.17, 15) is 0 Å². The molecule has 14 rings (SSSR count). The summed E-state index contributed by atoms with van der Waals surface area (Å²) in [5, 5.41) is 2.61. The molecule has 1 aromatic heterocycles. The molecule has 0 saturated heterocycles. The van der Waals surface area contributed by atoms with Gasteiger partial charge in [0.05, 0.1) is 10.8 Å². The number of hydrogen-bond acceptors (Lipinski definition) is 2. The summed E-state index contributed by atoms with van der Waals surface area (Å²) in [6.45, 7) is 0. The molecule has 2 aliphatic rings. The fourth-order valence-corrected chi connectivity index (χ4v) is 13.4. The number of nitrogens with zero attached hydrogens (tertiary/aromatic N) is 1. The summed E-state index contributed by atoms with van der Waals surface area (Å²) >= 11 is 1.86. The Labute approximate surface area is 412 Å². The molecular formula is C68H45NS. The SMILES string of the molecule is c1ccc(C2(c3ccc(N(c4cccc(-c5ccc6sc7ccccc7c6c5)c4)c4ccc5c(c4)-c4ccccc4C5(c4ccccc4)c4ccccc4)cc3)c3ccccc3-c3ccccc32)cc1. The Balaban J connectivity index is 0.978. The van der Waals surface area contributed by atoms with Crippen LogP contribution in [0.4, 0.5) is 17.1 Å². The van der Waals surface area contributed by atoms with Crippen molar-refractivity contribution in [1.29, 1.82) is 0 Å². The Hall–Kier alpha value is -8.56. The molecule has 12 aromatic rings. The highest BCUT2D eigenvalue weighted by Gasteiger charge is 2.47. The number of benzene rings is 11. The lowest BCUT2D eigenvalue weighted by atomic mass is 9.67. The van der Waals surface area contributed by atoms with Gasteiger partial charge in [-0.2, -0.15) is 0 Å². The van der Waals surface area contributed by atoms with Crippen LogP contribution in [0.1, 0.15) is 44.5 Å². The second-order valence-corrected chi connectivity index (χ2v) is 19.8. The molecule has 0 unspecified atom stereocenters. The molecular weight excluding hydrogens is 863 g/mol. The molecule has 0 saturated carbocycles. The van der Waals surface area contributed by atoms with Crippen molar-refractivity contribution >= 4 is 48.6 Å². The van der Waals surface area contributed by atoms with Crippen LogP contribution >= 0.6 is 11.3 Å². The summed E-state index contributed by atoms with van der Waals surface area (Å²) in [4.78, 5) is 2.46. The van der Waals surface area contributed by atoms with E-state index in [-0.39, 0.29) is 0 Å². The second-order valence-electron chi connectivity index (χ2n) is 18.7. The minimum atomic E-state index is -0.488. The van der Waals surface area contributed by atoms with Gasteiger partial charge in [-0.1, -0.05) is 218 Å². The smallest absolute Gasteiger partial charge is 0.0713 e. The summed E-state index contributed by atoms with van der Waals surface area (Å²) in [5.41, 5.74) is 20.0. The zero-order valence-electron chi connectivity index (χ0n) is 38.3. The molecule has 328 valence electrons. The standard InChI is InChI=1S/C68H45NS/c1-4-20-48(21-5-1)67(49-22-6-2-7-23-49)63-33-16-12-29-57(63)59-45-54(40-41-64(59)67)69(53-26-18-19-46(43-53)47-35-42-66-60(44-47)58-30-13-17-34-65(58)70-66)52-38-36-51(37-39-52)68(50-24-8-3-9-25-50)61-31-14-10-27-55(61)56-28-11-15-32-62(56)68/h1-45H. The molecule has 1 heterocycles. The highest BCUT2D eigenvalue weighted by Crippen LogP contribution is 2.59. The lowest BCUT2D eigenvalue weighted by molar-refractivity contribution is 0.768. The summed E-state index contributed by atoms with van der Waals surface area (Å²) in [7, 11) is 0. The molecule has 11 aromatic carbocycles. The first-order valence-electron chi connectivity index (χ1n) is 24.2. The predicted octanol–water partition coefficient (Wildman–Crippen LogP) is 17.9. The Kier molecular flexibility index (Phi) is 9.27. The van der Waals surface area contributed by atoms with E-state index >= 15 is 0 Å². The van der Waals surface area contributed by atoms with E-state index < -0.39 is 10.8 Å². The van der Waals surface area contributed by atoms with Crippen molar-refractivity contribution in [3.8, 4) is 33.4 Å². The van der Waals surface area contributed by atoms with E-state index in [0.29, 0.717) is 0 Å². The number of thiophene rings is 1. The Morgan fingerprint density at radius 1 is 0.257 bits per heavy atom. The van der Waals surface area contributed by atoms with Crippen molar-refractivity contribution in [2.75, 3.05) is 4.90 Å². The van der Waals surface area contributed by atoms with E-state index in [0.717, 1.165) is 17.1 Å². The topological polar surface area (TPSA) is 3.24 Å². The van der Waals surface area contributed by atoms with Gasteiger partial charge in [0.25, 0.3) is 0 Å². The molecule has 0 spiro atoms. The molecule has 0 radical (unpaired) electrons. The Morgan fingerprint density at radius 3 is 1.30 bits per heavy atom. The van der Waals surface area contributed by atoms with Crippen molar-refractivity contribution in [2.45, 2.75) is 10.8 Å². The van der Waals surface area contributed by atoms with Crippen LogP contribution in [0.25, 0.3) is 53.6 Å². The fourth-order valence-electron chi connectivity index (χ4n) is 12.3. The number of anilines is 3. The number of hydrogen-bond donors (Lipinski definition) is 0. The third kappa shape index (κ3) is 5.90. The van der Waals surface area contributed by atoms with E-state index in [1.807, 2.05) is 11.3 Å². The second kappa shape index (κ2) is 16.0. The maximum Gasteiger partial charge on any atom is 0.0713 e. The third-order valence-electron chi connectivity index (χ3n) is 15.2. The molecule has 2 aliphatic carbocycles. The lowest BCUT2D eigenvalue weighted by Crippen LogP contribution is -2.28. The van der Waals surface area contributed by atoms with Gasteiger partial charge in [-0.3, -0.25) is 0 Å². The van der Waals surface area contributed by atoms with E-state index in [2.05, 4.69) is 278 Å². The molecule has 0 amide bonds. The summed E-state index contributed by atoms with van der Waals surface area (Å²) in [6, 6.07) is 102. The molecule has 2 heteroatoms. The van der Waals surface area contributed by atoms with Crippen molar-refractivity contribution in [3.63, 3.8) is 0 Å². The third-order valence-corrected chi connectivity index (χ3v) is 16.4. The Bertz CT molecular complexity index is 3860. The predicted molar refractivity (Wildman–Crippen MR) is 294 cm³/mol. The molecule has 1 nitrogen and oxygen atoms in total. The minimum Gasteiger partial charge on any atom is -0.310 e. The molecule has 0 N–H and O–H groups in total. The fraction of sp³-hybridized carbons (Fsp3) is 0.0294. The average Bonchev–Trinajstić information content (AvgIpc) is 4.07. The van der Waals surface area contributed by atoms with Gasteiger partial charge in [-0.05, 0) is 132 Å². The average molecular weight is 908 g/mol. The normalized spacial score (nSPS) is 13.7. The van der Waals surface area contributed by atoms with Crippen LogP contribution in [0.3, 0.4) is 0 Å². The molecule has 0 fully saturated rings. The monoisotopic (exact) mass is 907 g/mol. The molecule has 0 aliphatic heterocycles.